The van der Waals surface area contributed by atoms with Crippen molar-refractivity contribution in [3.05, 3.63) is 47.5 Å². The lowest BCUT2D eigenvalue weighted by Crippen LogP contribution is -2.30. The average molecular weight is 451 g/mol. The summed E-state index contributed by atoms with van der Waals surface area (Å²) in [7, 11) is 5.30. The fourth-order valence-corrected chi connectivity index (χ4v) is 3.37. The molecule has 1 unspecified atom stereocenters. The van der Waals surface area contributed by atoms with Crippen molar-refractivity contribution >= 4 is 23.3 Å². The van der Waals surface area contributed by atoms with Crippen molar-refractivity contribution in [3.63, 3.8) is 0 Å². The monoisotopic (exact) mass is 450 g/mol. The largest absolute Gasteiger partial charge is 0.482 e. The van der Waals surface area contributed by atoms with Crippen LogP contribution in [0.4, 0.5) is 21.7 Å². The van der Waals surface area contributed by atoms with Gasteiger partial charge in [-0.25, -0.2) is 9.37 Å². The van der Waals surface area contributed by atoms with Gasteiger partial charge in [-0.15, -0.1) is 0 Å². The summed E-state index contributed by atoms with van der Waals surface area (Å²) in [5.41, 5.74) is 8.65. The average Bonchev–Trinajstić information content (AvgIpc) is 3.11. The maximum atomic E-state index is 14.1. The number of nitriles is 1. The van der Waals surface area contributed by atoms with Crippen LogP contribution in [0, 0.1) is 17.1 Å². The Morgan fingerprint density at radius 3 is 2.67 bits per heavy atom. The number of hydrogen-bond donors (Lipinski definition) is 2. The molecule has 0 aliphatic carbocycles. The van der Waals surface area contributed by atoms with Crippen LogP contribution in [0.25, 0.3) is 11.1 Å². The van der Waals surface area contributed by atoms with Crippen LogP contribution < -0.4 is 15.8 Å². The van der Waals surface area contributed by atoms with E-state index in [2.05, 4.69) is 26.5 Å². The first-order valence-corrected chi connectivity index (χ1v) is 10.5. The zero-order valence-electron chi connectivity index (χ0n) is 19.5. The van der Waals surface area contributed by atoms with Crippen LogP contribution in [0.15, 0.2) is 35.5 Å². The normalized spacial score (nSPS) is 14.4. The van der Waals surface area contributed by atoms with Crippen LogP contribution >= 0.6 is 0 Å². The van der Waals surface area contributed by atoms with Crippen molar-refractivity contribution in [2.75, 3.05) is 25.1 Å². The summed E-state index contributed by atoms with van der Waals surface area (Å²) < 4.78 is 21.6. The van der Waals surface area contributed by atoms with E-state index in [1.54, 1.807) is 37.2 Å². The Bertz CT molecular complexity index is 1240. The summed E-state index contributed by atoms with van der Waals surface area (Å²) in [6.07, 6.45) is 0.996. The second-order valence-electron chi connectivity index (χ2n) is 7.34. The Morgan fingerprint density at radius 2 is 2.00 bits per heavy atom. The summed E-state index contributed by atoms with van der Waals surface area (Å²) in [6.45, 7) is 5.79. The first-order valence-electron chi connectivity index (χ1n) is 10.5. The molecule has 172 valence electrons. The maximum absolute atomic E-state index is 14.1. The number of aromatic nitrogens is 3. The Morgan fingerprint density at radius 1 is 1.27 bits per heavy atom. The standard InChI is InChI=1S/C21H21FN8O.C2H6/c1-11-14-8-13(22)5-6-15(14)26-21(29(2)3)27-20-18(16(9-23)30(4)28-20)12-7-17(31-11)19(24)25-10-12;1-2/h5-8,10-11H,1-4H3,(H2,24,25)(H,26,27,28);1-2H3. The SMILES string of the molecule is CC.CC1Oc2cc(cnc2N)-c2c(nn(C)c2C#N)N=C(N(C)C)Nc2ccc(F)cc21. The number of ether oxygens (including phenoxy) is 1. The predicted octanol–water partition coefficient (Wildman–Crippen LogP) is 4.22. The van der Waals surface area contributed by atoms with Gasteiger partial charge in [0.05, 0.1) is 5.56 Å². The fourth-order valence-electron chi connectivity index (χ4n) is 3.37. The van der Waals surface area contributed by atoms with Gasteiger partial charge >= 0.3 is 0 Å². The topological polar surface area (TPSA) is 117 Å². The molecule has 1 atom stereocenters. The number of nitrogens with two attached hydrogens (primary N) is 1. The van der Waals surface area contributed by atoms with Gasteiger partial charge in [-0.05, 0) is 31.2 Å². The van der Waals surface area contributed by atoms with E-state index < -0.39 is 11.9 Å². The summed E-state index contributed by atoms with van der Waals surface area (Å²) in [6, 6.07) is 8.24. The zero-order chi connectivity index (χ0) is 24.3. The zero-order valence-corrected chi connectivity index (χ0v) is 19.5. The Kier molecular flexibility index (Phi) is 6.82. The molecule has 0 fully saturated rings. The predicted molar refractivity (Wildman–Crippen MR) is 127 cm³/mol. The number of hydrogen-bond acceptors (Lipinski definition) is 8. The van der Waals surface area contributed by atoms with Crippen molar-refractivity contribution in [1.82, 2.24) is 19.7 Å². The number of fused-ring (bicyclic) bond motifs is 5. The molecule has 9 nitrogen and oxygen atoms in total. The molecule has 4 rings (SSSR count). The number of pyridine rings is 1. The molecule has 2 aromatic heterocycles. The summed E-state index contributed by atoms with van der Waals surface area (Å²) in [5.74, 6) is 0.881. The van der Waals surface area contributed by atoms with Crippen molar-refractivity contribution in [3.8, 4) is 22.9 Å². The number of anilines is 2. The van der Waals surface area contributed by atoms with Gasteiger partial charge in [-0.3, -0.25) is 4.68 Å². The Labute approximate surface area is 192 Å². The van der Waals surface area contributed by atoms with Gasteiger partial charge < -0.3 is 20.7 Å². The van der Waals surface area contributed by atoms with Crippen molar-refractivity contribution < 1.29 is 9.13 Å². The van der Waals surface area contributed by atoms with E-state index in [0.29, 0.717) is 45.6 Å². The van der Waals surface area contributed by atoms with Gasteiger partial charge in [0.15, 0.2) is 17.4 Å². The van der Waals surface area contributed by atoms with Crippen LogP contribution in [0.2, 0.25) is 0 Å². The Hall–Kier alpha value is -4.13. The number of nitrogens with one attached hydrogen (secondary N) is 1. The number of aliphatic imine (C=N–C) groups is 1. The van der Waals surface area contributed by atoms with E-state index in [-0.39, 0.29) is 5.82 Å². The second kappa shape index (κ2) is 9.56. The number of benzene rings is 1. The third-order valence-corrected chi connectivity index (χ3v) is 4.94. The van der Waals surface area contributed by atoms with Crippen molar-refractivity contribution in [2.24, 2.45) is 12.0 Å². The van der Waals surface area contributed by atoms with Gasteiger partial charge in [0, 0.05) is 44.2 Å². The fraction of sp³-hybridized carbons (Fsp3) is 0.304. The minimum Gasteiger partial charge on any atom is -0.482 e. The van der Waals surface area contributed by atoms with Gasteiger partial charge in [0.25, 0.3) is 0 Å². The number of guanidine groups is 1. The number of rotatable bonds is 0. The van der Waals surface area contributed by atoms with Gasteiger partial charge in [0.2, 0.25) is 5.96 Å². The molecule has 3 N–H and O–H groups in total. The second-order valence-corrected chi connectivity index (χ2v) is 7.34. The number of aryl methyl sites for hydroxylation is 1. The van der Waals surface area contributed by atoms with E-state index in [1.165, 1.54) is 16.8 Å². The van der Waals surface area contributed by atoms with Crippen LogP contribution in [0.5, 0.6) is 5.75 Å². The molecule has 0 saturated carbocycles. The lowest BCUT2D eigenvalue weighted by Gasteiger charge is -2.23. The van der Waals surface area contributed by atoms with Crippen LogP contribution in [-0.2, 0) is 7.05 Å². The highest BCUT2D eigenvalue weighted by Gasteiger charge is 2.23. The smallest absolute Gasteiger partial charge is 0.204 e. The third-order valence-electron chi connectivity index (χ3n) is 4.94. The van der Waals surface area contributed by atoms with Gasteiger partial charge in [-0.2, -0.15) is 15.4 Å². The van der Waals surface area contributed by atoms with E-state index in [9.17, 15) is 9.65 Å². The van der Waals surface area contributed by atoms with Crippen molar-refractivity contribution in [1.29, 1.82) is 5.26 Å². The molecule has 0 radical (unpaired) electrons. The van der Waals surface area contributed by atoms with E-state index in [0.717, 1.165) is 0 Å². The molecule has 3 heterocycles. The van der Waals surface area contributed by atoms with E-state index in [1.807, 2.05) is 27.9 Å². The molecule has 2 bridgehead atoms. The van der Waals surface area contributed by atoms with Crippen LogP contribution in [-0.4, -0.2) is 39.7 Å². The van der Waals surface area contributed by atoms with Crippen LogP contribution in [0.3, 0.4) is 0 Å². The molecular formula is C23H27FN8O. The van der Waals surface area contributed by atoms with Crippen LogP contribution in [0.1, 0.15) is 38.1 Å². The lowest BCUT2D eigenvalue weighted by atomic mass is 10.1. The van der Waals surface area contributed by atoms with E-state index >= 15 is 0 Å². The molecule has 1 aliphatic rings. The highest BCUT2D eigenvalue weighted by atomic mass is 19.1. The first kappa shape index (κ1) is 23.5. The third kappa shape index (κ3) is 4.57. The lowest BCUT2D eigenvalue weighted by molar-refractivity contribution is 0.228. The molecule has 33 heavy (non-hydrogen) atoms. The first-order chi connectivity index (χ1) is 15.8. The molecule has 0 spiro atoms. The molecule has 0 saturated heterocycles. The van der Waals surface area contributed by atoms with Gasteiger partial charge in [-0.1, -0.05) is 13.8 Å². The summed E-state index contributed by atoms with van der Waals surface area (Å²) in [4.78, 5) is 10.7. The highest BCUT2D eigenvalue weighted by Crippen LogP contribution is 2.38. The summed E-state index contributed by atoms with van der Waals surface area (Å²) >= 11 is 0. The molecule has 0 amide bonds. The maximum Gasteiger partial charge on any atom is 0.204 e. The molecule has 1 aromatic carbocycles. The Balaban J connectivity index is 0.00000149. The molecular weight excluding hydrogens is 423 g/mol. The number of halogens is 1. The summed E-state index contributed by atoms with van der Waals surface area (Å²) in [5, 5.41) is 17.4. The highest BCUT2D eigenvalue weighted by molar-refractivity contribution is 5.97. The number of nitrogen functional groups attached to an aromatic ring is 1. The van der Waals surface area contributed by atoms with E-state index in [4.69, 9.17) is 10.5 Å². The molecule has 3 aromatic rings. The minimum absolute atomic E-state index is 0.181. The molecule has 1 aliphatic heterocycles. The minimum atomic E-state index is -0.552. The van der Waals surface area contributed by atoms with Crippen molar-refractivity contribution in [2.45, 2.75) is 26.9 Å². The van der Waals surface area contributed by atoms with Gasteiger partial charge in [0.1, 0.15) is 23.7 Å². The molecule has 10 heteroatoms. The number of nitrogens with zero attached hydrogens (tertiary/aromatic N) is 6. The quantitative estimate of drug-likeness (QED) is 0.527.